The molecule has 0 aliphatic heterocycles. The summed E-state index contributed by atoms with van der Waals surface area (Å²) in [4.78, 5) is 5.25. The van der Waals surface area contributed by atoms with Gasteiger partial charge in [0, 0.05) is 19.6 Å². The summed E-state index contributed by atoms with van der Waals surface area (Å²) >= 11 is 3.70. The average molecular weight is 351 g/mol. The lowest BCUT2D eigenvalue weighted by molar-refractivity contribution is 0.565. The molecule has 3 aromatic rings. The van der Waals surface area contributed by atoms with E-state index in [1.165, 1.54) is 25.1 Å². The first-order valence-electron chi connectivity index (χ1n) is 8.13. The molecule has 24 heavy (non-hydrogen) atoms. The summed E-state index contributed by atoms with van der Waals surface area (Å²) < 4.78 is 0. The Morgan fingerprint density at radius 1 is 0.542 bits per heavy atom. The molecule has 0 aliphatic rings. The molecule has 0 aliphatic carbocycles. The molecule has 0 amide bonds. The highest BCUT2D eigenvalue weighted by molar-refractivity contribution is 8.00. The van der Waals surface area contributed by atoms with Gasteiger partial charge >= 0.3 is 0 Å². The van der Waals surface area contributed by atoms with Gasteiger partial charge in [0.1, 0.15) is 0 Å². The normalized spacial score (nSPS) is 11.5. The van der Waals surface area contributed by atoms with Crippen LogP contribution >= 0.6 is 23.5 Å². The zero-order valence-corrected chi connectivity index (χ0v) is 16.0. The summed E-state index contributed by atoms with van der Waals surface area (Å²) in [5.74, 6) is 0. The molecule has 0 N–H and O–H groups in total. The summed E-state index contributed by atoms with van der Waals surface area (Å²) in [6.07, 6.45) is 0. The molecule has 0 heterocycles. The molecule has 0 fully saturated rings. The van der Waals surface area contributed by atoms with E-state index in [1.807, 2.05) is 23.5 Å². The Hall–Kier alpha value is -1.64. The smallest absolute Gasteiger partial charge is 0.0171 e. The Labute approximate surface area is 153 Å². The summed E-state index contributed by atoms with van der Waals surface area (Å²) in [5.41, 5.74) is 1.52. The molecule has 122 valence electrons. The van der Waals surface area contributed by atoms with Gasteiger partial charge in [0.25, 0.3) is 0 Å². The van der Waals surface area contributed by atoms with Crippen LogP contribution in [0.1, 0.15) is 26.3 Å². The van der Waals surface area contributed by atoms with Gasteiger partial charge in [0.05, 0.1) is 0 Å². The van der Waals surface area contributed by atoms with E-state index in [0.717, 1.165) is 0 Å². The van der Waals surface area contributed by atoms with Crippen molar-refractivity contribution >= 4 is 23.5 Å². The number of hydrogen-bond donors (Lipinski definition) is 0. The second kappa shape index (κ2) is 7.50. The largest absolute Gasteiger partial charge is 0.0898 e. The highest BCUT2D eigenvalue weighted by Gasteiger charge is 2.23. The molecule has 0 bridgehead atoms. The fourth-order valence-electron chi connectivity index (χ4n) is 2.65. The summed E-state index contributed by atoms with van der Waals surface area (Å²) in [7, 11) is 0. The second-order valence-corrected chi connectivity index (χ2v) is 8.94. The zero-order valence-electron chi connectivity index (χ0n) is 14.3. The highest BCUT2D eigenvalue weighted by atomic mass is 32.2. The molecule has 2 heteroatoms. The van der Waals surface area contributed by atoms with Crippen LogP contribution in [-0.2, 0) is 5.41 Å². The van der Waals surface area contributed by atoms with Crippen molar-refractivity contribution < 1.29 is 0 Å². The first kappa shape index (κ1) is 17.2. The number of hydrogen-bond acceptors (Lipinski definition) is 2. The van der Waals surface area contributed by atoms with Gasteiger partial charge in [0.15, 0.2) is 0 Å². The van der Waals surface area contributed by atoms with Gasteiger partial charge in [-0.15, -0.1) is 0 Å². The van der Waals surface area contributed by atoms with Gasteiger partial charge in [-0.3, -0.25) is 0 Å². The van der Waals surface area contributed by atoms with Crippen LogP contribution in [0.4, 0.5) is 0 Å². The van der Waals surface area contributed by atoms with Crippen molar-refractivity contribution in [1.82, 2.24) is 0 Å². The van der Waals surface area contributed by atoms with E-state index >= 15 is 0 Å². The van der Waals surface area contributed by atoms with E-state index in [2.05, 4.69) is 99.6 Å². The average Bonchev–Trinajstić information content (AvgIpc) is 2.56. The van der Waals surface area contributed by atoms with E-state index in [4.69, 9.17) is 0 Å². The molecular formula is C22H22S2. The van der Waals surface area contributed by atoms with Gasteiger partial charge in [-0.25, -0.2) is 0 Å². The Morgan fingerprint density at radius 2 is 0.958 bits per heavy atom. The minimum atomic E-state index is 0.0927. The van der Waals surface area contributed by atoms with Crippen LogP contribution in [0.25, 0.3) is 0 Å². The van der Waals surface area contributed by atoms with Gasteiger partial charge in [0.2, 0.25) is 0 Å². The molecule has 0 saturated heterocycles. The zero-order chi connectivity index (χ0) is 17.0. The SMILES string of the molecule is CC(C)(C)c1c(Sc2ccccc2)cccc1Sc1ccccc1. The maximum absolute atomic E-state index is 2.30. The van der Waals surface area contributed by atoms with Crippen molar-refractivity contribution in [2.75, 3.05) is 0 Å². The van der Waals surface area contributed by atoms with Gasteiger partial charge in [-0.05, 0) is 47.4 Å². The fraction of sp³-hybridized carbons (Fsp3) is 0.182. The quantitative estimate of drug-likeness (QED) is 0.484. The van der Waals surface area contributed by atoms with Crippen molar-refractivity contribution in [3.63, 3.8) is 0 Å². The minimum absolute atomic E-state index is 0.0927. The third kappa shape index (κ3) is 4.25. The van der Waals surface area contributed by atoms with E-state index < -0.39 is 0 Å². The van der Waals surface area contributed by atoms with E-state index in [9.17, 15) is 0 Å². The number of benzene rings is 3. The Balaban J connectivity index is 2.01. The molecular weight excluding hydrogens is 328 g/mol. The van der Waals surface area contributed by atoms with Crippen LogP contribution in [0.5, 0.6) is 0 Å². The molecule has 3 aromatic carbocycles. The molecule has 0 unspecified atom stereocenters. The summed E-state index contributed by atoms with van der Waals surface area (Å²) in [6, 6.07) is 27.9. The molecule has 0 nitrogen and oxygen atoms in total. The Kier molecular flexibility index (Phi) is 5.37. The highest BCUT2D eigenvalue weighted by Crippen LogP contribution is 2.43. The predicted molar refractivity (Wildman–Crippen MR) is 106 cm³/mol. The van der Waals surface area contributed by atoms with E-state index in [1.54, 1.807) is 0 Å². The van der Waals surface area contributed by atoms with Crippen molar-refractivity contribution in [3.05, 3.63) is 84.4 Å². The van der Waals surface area contributed by atoms with Gasteiger partial charge in [-0.2, -0.15) is 0 Å². The van der Waals surface area contributed by atoms with E-state index in [0.29, 0.717) is 0 Å². The Bertz CT molecular complexity index is 727. The fourth-order valence-corrected chi connectivity index (χ4v) is 5.14. The predicted octanol–water partition coefficient (Wildman–Crippen LogP) is 7.29. The summed E-state index contributed by atoms with van der Waals surface area (Å²) in [5, 5.41) is 0. The lowest BCUT2D eigenvalue weighted by Gasteiger charge is -2.26. The maximum Gasteiger partial charge on any atom is 0.0171 e. The van der Waals surface area contributed by atoms with Crippen LogP contribution in [0.3, 0.4) is 0 Å². The molecule has 0 aromatic heterocycles. The van der Waals surface area contributed by atoms with Gasteiger partial charge in [-0.1, -0.05) is 86.8 Å². The maximum atomic E-state index is 2.30. The van der Waals surface area contributed by atoms with Crippen molar-refractivity contribution in [3.8, 4) is 0 Å². The first-order chi connectivity index (χ1) is 11.5. The van der Waals surface area contributed by atoms with Crippen LogP contribution in [0.15, 0.2) is 98.4 Å². The number of rotatable bonds is 4. The summed E-state index contributed by atoms with van der Waals surface area (Å²) in [6.45, 7) is 6.89. The molecule has 0 radical (unpaired) electrons. The minimum Gasteiger partial charge on any atom is -0.0898 e. The molecule has 0 spiro atoms. The van der Waals surface area contributed by atoms with Crippen molar-refractivity contribution in [2.24, 2.45) is 0 Å². The van der Waals surface area contributed by atoms with Crippen LogP contribution in [0.2, 0.25) is 0 Å². The lowest BCUT2D eigenvalue weighted by atomic mass is 9.87. The third-order valence-corrected chi connectivity index (χ3v) is 5.82. The second-order valence-electron chi connectivity index (χ2n) is 6.71. The monoisotopic (exact) mass is 350 g/mol. The molecule has 0 atom stereocenters. The first-order valence-corrected chi connectivity index (χ1v) is 9.76. The van der Waals surface area contributed by atoms with Crippen molar-refractivity contribution in [1.29, 1.82) is 0 Å². The molecule has 0 saturated carbocycles. The standard InChI is InChI=1S/C22H22S2/c1-22(2,3)21-19(23-17-11-6-4-7-12-17)15-10-16-20(21)24-18-13-8-5-9-14-18/h4-16H,1-3H3. The Morgan fingerprint density at radius 3 is 1.33 bits per heavy atom. The van der Waals surface area contributed by atoms with E-state index in [-0.39, 0.29) is 5.41 Å². The third-order valence-electron chi connectivity index (χ3n) is 3.68. The lowest BCUT2D eigenvalue weighted by Crippen LogP contribution is -2.14. The van der Waals surface area contributed by atoms with Crippen LogP contribution in [0, 0.1) is 0 Å². The van der Waals surface area contributed by atoms with Gasteiger partial charge < -0.3 is 0 Å². The topological polar surface area (TPSA) is 0 Å². The van der Waals surface area contributed by atoms with Crippen molar-refractivity contribution in [2.45, 2.75) is 45.8 Å². The van der Waals surface area contributed by atoms with Crippen LogP contribution < -0.4 is 0 Å². The molecule has 3 rings (SSSR count). The van der Waals surface area contributed by atoms with Crippen LogP contribution in [-0.4, -0.2) is 0 Å².